The van der Waals surface area contributed by atoms with E-state index in [0.29, 0.717) is 5.92 Å². The van der Waals surface area contributed by atoms with Gasteiger partial charge in [0.2, 0.25) is 0 Å². The van der Waals surface area contributed by atoms with Gasteiger partial charge in [-0.15, -0.1) is 0 Å². The number of rotatable bonds is 2. The van der Waals surface area contributed by atoms with Gasteiger partial charge in [0.25, 0.3) is 0 Å². The second kappa shape index (κ2) is 6.84. The molecule has 0 fully saturated rings. The molecule has 0 unspecified atom stereocenters. The Morgan fingerprint density at radius 3 is 1.94 bits per heavy atom. The predicted octanol–water partition coefficient (Wildman–Crippen LogP) is 4.00. The summed E-state index contributed by atoms with van der Waals surface area (Å²) in [7, 11) is 0. The summed E-state index contributed by atoms with van der Waals surface area (Å²) in [5.74, 6) is 1.29. The number of aromatic nitrogens is 3. The zero-order chi connectivity index (χ0) is 13.5. The number of hydrogen-bond donors (Lipinski definition) is 0. The molecule has 0 N–H and O–H groups in total. The molecule has 2 heterocycles. The van der Waals surface area contributed by atoms with Crippen LogP contribution in [0.2, 0.25) is 0 Å². The number of aryl methyl sites for hydroxylation is 1. The zero-order valence-electron chi connectivity index (χ0n) is 11.8. The first-order chi connectivity index (χ1) is 8.66. The summed E-state index contributed by atoms with van der Waals surface area (Å²) < 4.78 is 0. The Kier molecular flexibility index (Phi) is 5.43. The van der Waals surface area contributed by atoms with Crippen LogP contribution in [-0.4, -0.2) is 15.0 Å². The van der Waals surface area contributed by atoms with E-state index in [-0.39, 0.29) is 0 Å². The van der Waals surface area contributed by atoms with Crippen LogP contribution in [0.1, 0.15) is 45.0 Å². The lowest BCUT2D eigenvalue weighted by Crippen LogP contribution is -1.92. The molecular weight excluding hydrogens is 222 g/mol. The SMILES string of the molecule is CC.Cc1ncc(-c2ccc(C(C)C)cn2)cn1. The van der Waals surface area contributed by atoms with Gasteiger partial charge in [-0.05, 0) is 24.5 Å². The van der Waals surface area contributed by atoms with E-state index >= 15 is 0 Å². The second-order valence-corrected chi connectivity index (χ2v) is 4.15. The standard InChI is InChI=1S/C13H15N3.C2H6/c1-9(2)11-4-5-13(16-6-11)12-7-14-10(3)15-8-12;1-2/h4-9H,1-3H3;1-2H3. The van der Waals surface area contributed by atoms with Gasteiger partial charge in [-0.2, -0.15) is 0 Å². The van der Waals surface area contributed by atoms with Crippen LogP contribution in [0, 0.1) is 6.92 Å². The largest absolute Gasteiger partial charge is 0.256 e. The fourth-order valence-corrected chi connectivity index (χ4v) is 1.44. The van der Waals surface area contributed by atoms with E-state index in [1.807, 2.05) is 33.0 Å². The molecule has 96 valence electrons. The summed E-state index contributed by atoms with van der Waals surface area (Å²) >= 11 is 0. The van der Waals surface area contributed by atoms with Crippen molar-refractivity contribution in [1.82, 2.24) is 15.0 Å². The van der Waals surface area contributed by atoms with Gasteiger partial charge >= 0.3 is 0 Å². The molecule has 3 nitrogen and oxygen atoms in total. The zero-order valence-corrected chi connectivity index (χ0v) is 11.8. The van der Waals surface area contributed by atoms with E-state index in [9.17, 15) is 0 Å². The van der Waals surface area contributed by atoms with Crippen molar-refractivity contribution in [3.63, 3.8) is 0 Å². The molecule has 0 saturated heterocycles. The van der Waals surface area contributed by atoms with Crippen LogP contribution in [0.4, 0.5) is 0 Å². The molecule has 2 aromatic rings. The average molecular weight is 243 g/mol. The van der Waals surface area contributed by atoms with Crippen molar-refractivity contribution >= 4 is 0 Å². The number of hydrogen-bond acceptors (Lipinski definition) is 3. The molecular formula is C15H21N3. The molecule has 0 radical (unpaired) electrons. The molecule has 2 aromatic heterocycles. The van der Waals surface area contributed by atoms with Crippen LogP contribution < -0.4 is 0 Å². The summed E-state index contributed by atoms with van der Waals surface area (Å²) in [6.45, 7) is 10.2. The van der Waals surface area contributed by atoms with E-state index in [2.05, 4.69) is 34.9 Å². The van der Waals surface area contributed by atoms with Gasteiger partial charge in [0.15, 0.2) is 0 Å². The van der Waals surface area contributed by atoms with Crippen molar-refractivity contribution in [2.75, 3.05) is 0 Å². The van der Waals surface area contributed by atoms with Gasteiger partial charge in [0.05, 0.1) is 5.69 Å². The van der Waals surface area contributed by atoms with Gasteiger partial charge in [-0.3, -0.25) is 4.98 Å². The van der Waals surface area contributed by atoms with E-state index in [4.69, 9.17) is 0 Å². The third-order valence-electron chi connectivity index (χ3n) is 2.53. The van der Waals surface area contributed by atoms with Gasteiger partial charge in [0.1, 0.15) is 5.82 Å². The van der Waals surface area contributed by atoms with Crippen molar-refractivity contribution in [3.8, 4) is 11.3 Å². The Balaban J connectivity index is 0.000000771. The van der Waals surface area contributed by atoms with E-state index < -0.39 is 0 Å². The Morgan fingerprint density at radius 1 is 0.889 bits per heavy atom. The molecule has 0 aliphatic carbocycles. The fourth-order valence-electron chi connectivity index (χ4n) is 1.44. The summed E-state index contributed by atoms with van der Waals surface area (Å²) in [5, 5.41) is 0. The molecule has 0 aliphatic heterocycles. The molecule has 3 heteroatoms. The molecule has 0 aliphatic rings. The summed E-state index contributed by atoms with van der Waals surface area (Å²) in [6.07, 6.45) is 5.53. The highest BCUT2D eigenvalue weighted by Gasteiger charge is 2.02. The lowest BCUT2D eigenvalue weighted by molar-refractivity contribution is 0.858. The predicted molar refractivity (Wildman–Crippen MR) is 75.4 cm³/mol. The van der Waals surface area contributed by atoms with E-state index in [1.165, 1.54) is 5.56 Å². The number of pyridine rings is 1. The van der Waals surface area contributed by atoms with Crippen molar-refractivity contribution < 1.29 is 0 Å². The lowest BCUT2D eigenvalue weighted by atomic mass is 10.1. The van der Waals surface area contributed by atoms with Crippen LogP contribution in [0.15, 0.2) is 30.7 Å². The van der Waals surface area contributed by atoms with Crippen molar-refractivity contribution in [3.05, 3.63) is 42.1 Å². The highest BCUT2D eigenvalue weighted by Crippen LogP contribution is 2.18. The fraction of sp³-hybridized carbons (Fsp3) is 0.400. The Bertz CT molecular complexity index is 458. The first kappa shape index (κ1) is 14.3. The smallest absolute Gasteiger partial charge is 0.125 e. The van der Waals surface area contributed by atoms with Crippen LogP contribution in [0.5, 0.6) is 0 Å². The van der Waals surface area contributed by atoms with E-state index in [0.717, 1.165) is 17.1 Å². The molecule has 18 heavy (non-hydrogen) atoms. The monoisotopic (exact) mass is 243 g/mol. The van der Waals surface area contributed by atoms with Crippen molar-refractivity contribution in [2.45, 2.75) is 40.5 Å². The van der Waals surface area contributed by atoms with Gasteiger partial charge in [0, 0.05) is 24.2 Å². The summed E-state index contributed by atoms with van der Waals surface area (Å²) in [6, 6.07) is 4.12. The van der Waals surface area contributed by atoms with Crippen molar-refractivity contribution in [2.24, 2.45) is 0 Å². The highest BCUT2D eigenvalue weighted by molar-refractivity contribution is 5.56. The summed E-state index contributed by atoms with van der Waals surface area (Å²) in [5.41, 5.74) is 3.13. The maximum absolute atomic E-state index is 4.42. The minimum Gasteiger partial charge on any atom is -0.256 e. The maximum atomic E-state index is 4.42. The Morgan fingerprint density at radius 2 is 1.50 bits per heavy atom. The van der Waals surface area contributed by atoms with Crippen LogP contribution in [0.3, 0.4) is 0 Å². The lowest BCUT2D eigenvalue weighted by Gasteiger charge is -2.05. The molecule has 0 saturated carbocycles. The second-order valence-electron chi connectivity index (χ2n) is 4.15. The first-order valence-corrected chi connectivity index (χ1v) is 6.42. The Labute approximate surface area is 109 Å². The van der Waals surface area contributed by atoms with Crippen LogP contribution in [0.25, 0.3) is 11.3 Å². The molecule has 0 aromatic carbocycles. The molecule has 0 amide bonds. The molecule has 2 rings (SSSR count). The van der Waals surface area contributed by atoms with Crippen molar-refractivity contribution in [1.29, 1.82) is 0 Å². The summed E-state index contributed by atoms with van der Waals surface area (Å²) in [4.78, 5) is 12.7. The quantitative estimate of drug-likeness (QED) is 0.800. The normalized spacial score (nSPS) is 9.89. The number of nitrogens with zero attached hydrogens (tertiary/aromatic N) is 3. The maximum Gasteiger partial charge on any atom is 0.125 e. The molecule has 0 spiro atoms. The topological polar surface area (TPSA) is 38.7 Å². The third kappa shape index (κ3) is 3.62. The molecule has 0 atom stereocenters. The average Bonchev–Trinajstić information content (AvgIpc) is 2.42. The van der Waals surface area contributed by atoms with Crippen LogP contribution in [-0.2, 0) is 0 Å². The first-order valence-electron chi connectivity index (χ1n) is 6.42. The van der Waals surface area contributed by atoms with Crippen LogP contribution >= 0.6 is 0 Å². The van der Waals surface area contributed by atoms with Gasteiger partial charge < -0.3 is 0 Å². The molecule has 0 bridgehead atoms. The minimum atomic E-state index is 0.510. The minimum absolute atomic E-state index is 0.510. The Hall–Kier alpha value is -1.77. The van der Waals surface area contributed by atoms with Gasteiger partial charge in [-0.1, -0.05) is 33.8 Å². The van der Waals surface area contributed by atoms with E-state index in [1.54, 1.807) is 12.4 Å². The highest BCUT2D eigenvalue weighted by atomic mass is 14.9. The third-order valence-corrected chi connectivity index (χ3v) is 2.53. The van der Waals surface area contributed by atoms with Gasteiger partial charge in [-0.25, -0.2) is 9.97 Å².